The molecule has 0 aliphatic rings. The van der Waals surface area contributed by atoms with Crippen LogP contribution in [0.25, 0.3) is 6.08 Å². The van der Waals surface area contributed by atoms with Crippen molar-refractivity contribution in [2.24, 2.45) is 0 Å². The van der Waals surface area contributed by atoms with Crippen LogP contribution in [0.1, 0.15) is 39.2 Å². The molecule has 0 radical (unpaired) electrons. The summed E-state index contributed by atoms with van der Waals surface area (Å²) in [5.41, 5.74) is -0.272. The average molecular weight is 342 g/mol. The average Bonchev–Trinajstić information content (AvgIpc) is 2.43. The first-order valence-electron chi connectivity index (χ1n) is 7.31. The third-order valence-electron chi connectivity index (χ3n) is 2.67. The minimum absolute atomic E-state index is 0.00455. The zero-order valence-electron chi connectivity index (χ0n) is 13.5. The minimum atomic E-state index is -0.567. The second kappa shape index (κ2) is 8.67. The molecule has 0 saturated carbocycles. The highest BCUT2D eigenvalue weighted by Gasteiger charge is 2.15. The number of carbonyl (C=O) groups is 2. The molecule has 0 unspecified atom stereocenters. The molecule has 0 saturated heterocycles. The van der Waals surface area contributed by atoms with E-state index in [2.05, 4.69) is 5.32 Å². The van der Waals surface area contributed by atoms with E-state index in [0.717, 1.165) is 0 Å². The molecule has 0 atom stereocenters. The summed E-state index contributed by atoms with van der Waals surface area (Å²) in [6.45, 7) is 5.73. The van der Waals surface area contributed by atoms with E-state index in [9.17, 15) is 14.0 Å². The van der Waals surface area contributed by atoms with Gasteiger partial charge in [-0.15, -0.1) is 0 Å². The van der Waals surface area contributed by atoms with Gasteiger partial charge in [0.2, 0.25) is 5.91 Å². The van der Waals surface area contributed by atoms with Gasteiger partial charge in [-0.2, -0.15) is 0 Å². The second-order valence-electron chi connectivity index (χ2n) is 5.96. The Balaban J connectivity index is 2.34. The van der Waals surface area contributed by atoms with Gasteiger partial charge in [0.15, 0.2) is 0 Å². The minimum Gasteiger partial charge on any atom is -0.460 e. The highest BCUT2D eigenvalue weighted by Crippen LogP contribution is 2.18. The maximum atomic E-state index is 13.6. The monoisotopic (exact) mass is 341 g/mol. The molecule has 1 N–H and O–H groups in total. The van der Waals surface area contributed by atoms with Gasteiger partial charge < -0.3 is 10.1 Å². The lowest BCUT2D eigenvalue weighted by molar-refractivity contribution is -0.154. The molecule has 126 valence electrons. The molecule has 1 aromatic rings. The summed E-state index contributed by atoms with van der Waals surface area (Å²) >= 11 is 5.65. The van der Waals surface area contributed by atoms with E-state index in [1.165, 1.54) is 24.3 Å². The van der Waals surface area contributed by atoms with Gasteiger partial charge in [0.1, 0.15) is 11.4 Å². The molecule has 1 rings (SSSR count). The van der Waals surface area contributed by atoms with E-state index in [1.54, 1.807) is 26.8 Å². The van der Waals surface area contributed by atoms with Gasteiger partial charge in [-0.3, -0.25) is 9.59 Å². The van der Waals surface area contributed by atoms with Gasteiger partial charge in [0.05, 0.1) is 5.02 Å². The van der Waals surface area contributed by atoms with E-state index in [4.69, 9.17) is 16.3 Å². The van der Waals surface area contributed by atoms with Crippen molar-refractivity contribution in [3.8, 4) is 0 Å². The number of hydrogen-bond acceptors (Lipinski definition) is 3. The standard InChI is InChI=1S/C17H21ClFNO3/c1-17(2,3)23-15(22)8-5-11-20-14(21)10-9-12-6-4-7-13(18)16(12)19/h4,6-7,9-10H,5,8,11H2,1-3H3,(H,20,21)/b10-9+. The highest BCUT2D eigenvalue weighted by molar-refractivity contribution is 6.30. The number of rotatable bonds is 6. The summed E-state index contributed by atoms with van der Waals surface area (Å²) in [5, 5.41) is 2.62. The molecular weight excluding hydrogens is 321 g/mol. The van der Waals surface area contributed by atoms with Crippen molar-refractivity contribution in [1.29, 1.82) is 0 Å². The largest absolute Gasteiger partial charge is 0.460 e. The summed E-state index contributed by atoms with van der Waals surface area (Å²) < 4.78 is 18.8. The van der Waals surface area contributed by atoms with Crippen LogP contribution in [-0.4, -0.2) is 24.0 Å². The predicted molar refractivity (Wildman–Crippen MR) is 88.5 cm³/mol. The Bertz CT molecular complexity index is 594. The number of benzene rings is 1. The van der Waals surface area contributed by atoms with Gasteiger partial charge in [-0.05, 0) is 39.3 Å². The lowest BCUT2D eigenvalue weighted by Crippen LogP contribution is -2.26. The van der Waals surface area contributed by atoms with Crippen LogP contribution in [0, 0.1) is 5.82 Å². The lowest BCUT2D eigenvalue weighted by Gasteiger charge is -2.19. The maximum Gasteiger partial charge on any atom is 0.306 e. The maximum absolute atomic E-state index is 13.6. The van der Waals surface area contributed by atoms with Crippen molar-refractivity contribution in [2.45, 2.75) is 39.2 Å². The van der Waals surface area contributed by atoms with Gasteiger partial charge in [0, 0.05) is 24.6 Å². The third-order valence-corrected chi connectivity index (χ3v) is 2.96. The first-order chi connectivity index (χ1) is 10.7. The first-order valence-corrected chi connectivity index (χ1v) is 7.68. The molecule has 0 bridgehead atoms. The van der Waals surface area contributed by atoms with Crippen LogP contribution in [0.4, 0.5) is 4.39 Å². The van der Waals surface area contributed by atoms with Crippen LogP contribution in [0.5, 0.6) is 0 Å². The van der Waals surface area contributed by atoms with Crippen LogP contribution in [0.15, 0.2) is 24.3 Å². The molecule has 6 heteroatoms. The molecule has 0 aliphatic carbocycles. The van der Waals surface area contributed by atoms with Gasteiger partial charge in [0.25, 0.3) is 0 Å². The highest BCUT2D eigenvalue weighted by atomic mass is 35.5. The van der Waals surface area contributed by atoms with Gasteiger partial charge in [-0.1, -0.05) is 23.7 Å². The molecule has 1 aromatic carbocycles. The van der Waals surface area contributed by atoms with E-state index in [-0.39, 0.29) is 28.9 Å². The van der Waals surface area contributed by atoms with Crippen molar-refractivity contribution in [2.75, 3.05) is 6.54 Å². The van der Waals surface area contributed by atoms with Crippen molar-refractivity contribution < 1.29 is 18.7 Å². The van der Waals surface area contributed by atoms with Crippen LogP contribution in [-0.2, 0) is 14.3 Å². The summed E-state index contributed by atoms with van der Waals surface area (Å²) in [6, 6.07) is 4.56. The predicted octanol–water partition coefficient (Wildman–Crippen LogP) is 3.73. The lowest BCUT2D eigenvalue weighted by atomic mass is 10.2. The Morgan fingerprint density at radius 1 is 1.35 bits per heavy atom. The first kappa shape index (κ1) is 19.2. The fourth-order valence-electron chi connectivity index (χ4n) is 1.71. The third kappa shape index (κ3) is 7.79. The van der Waals surface area contributed by atoms with Crippen LogP contribution in [0.3, 0.4) is 0 Å². The Morgan fingerprint density at radius 2 is 2.04 bits per heavy atom. The van der Waals surface area contributed by atoms with Crippen molar-refractivity contribution in [1.82, 2.24) is 5.32 Å². The fourth-order valence-corrected chi connectivity index (χ4v) is 1.89. The molecule has 0 aromatic heterocycles. The number of carbonyl (C=O) groups excluding carboxylic acids is 2. The van der Waals surface area contributed by atoms with Crippen LogP contribution >= 0.6 is 11.6 Å². The zero-order chi connectivity index (χ0) is 17.5. The summed E-state index contributed by atoms with van der Waals surface area (Å²) in [4.78, 5) is 23.1. The molecule has 0 heterocycles. The number of amides is 1. The zero-order valence-corrected chi connectivity index (χ0v) is 14.2. The smallest absolute Gasteiger partial charge is 0.306 e. The molecule has 0 spiro atoms. The topological polar surface area (TPSA) is 55.4 Å². The number of nitrogens with one attached hydrogen (secondary N) is 1. The molecule has 4 nitrogen and oxygen atoms in total. The van der Waals surface area contributed by atoms with E-state index >= 15 is 0 Å². The Morgan fingerprint density at radius 3 is 2.70 bits per heavy atom. The summed E-state index contributed by atoms with van der Waals surface area (Å²) in [7, 11) is 0. The molecule has 1 amide bonds. The van der Waals surface area contributed by atoms with Gasteiger partial charge in [-0.25, -0.2) is 4.39 Å². The number of ether oxygens (including phenoxy) is 1. The summed E-state index contributed by atoms with van der Waals surface area (Å²) in [6.07, 6.45) is 3.27. The molecular formula is C17H21ClFNO3. The van der Waals surface area contributed by atoms with Crippen molar-refractivity contribution >= 4 is 29.6 Å². The quantitative estimate of drug-likeness (QED) is 0.487. The Labute approximate surface area is 140 Å². The van der Waals surface area contributed by atoms with Crippen molar-refractivity contribution in [3.05, 3.63) is 40.7 Å². The second-order valence-corrected chi connectivity index (χ2v) is 6.36. The fraction of sp³-hybridized carbons (Fsp3) is 0.412. The van der Waals surface area contributed by atoms with E-state index < -0.39 is 11.4 Å². The number of halogens is 2. The Kier molecular flexibility index (Phi) is 7.23. The van der Waals surface area contributed by atoms with Crippen molar-refractivity contribution in [3.63, 3.8) is 0 Å². The van der Waals surface area contributed by atoms with E-state index in [0.29, 0.717) is 13.0 Å². The molecule has 23 heavy (non-hydrogen) atoms. The Hall–Kier alpha value is -1.88. The summed E-state index contributed by atoms with van der Waals surface area (Å²) in [5.74, 6) is -1.24. The normalized spacial score (nSPS) is 11.5. The van der Waals surface area contributed by atoms with Gasteiger partial charge >= 0.3 is 5.97 Å². The number of esters is 1. The van der Waals surface area contributed by atoms with E-state index in [1.807, 2.05) is 0 Å². The molecule has 0 aliphatic heterocycles. The number of hydrogen-bond donors (Lipinski definition) is 1. The molecule has 0 fully saturated rings. The van der Waals surface area contributed by atoms with Crippen LogP contribution < -0.4 is 5.32 Å². The van der Waals surface area contributed by atoms with Crippen LogP contribution in [0.2, 0.25) is 5.02 Å². The SMILES string of the molecule is CC(C)(C)OC(=O)CCCNC(=O)/C=C/c1cccc(Cl)c1F.